The number of rotatable bonds is 5. The maximum Gasteiger partial charge on any atom is 0.337 e. The molecule has 1 aliphatic carbocycles. The fourth-order valence-corrected chi connectivity index (χ4v) is 3.04. The summed E-state index contributed by atoms with van der Waals surface area (Å²) in [5, 5.41) is 3.22. The van der Waals surface area contributed by atoms with E-state index in [2.05, 4.69) is 10.1 Å². The predicted octanol–water partition coefficient (Wildman–Crippen LogP) is 2.54. The minimum atomic E-state index is -0.535. The number of nitrogens with zero attached hydrogens (tertiary/aromatic N) is 1. The maximum absolute atomic E-state index is 12.2. The molecular formula is C17H21ClN2O4. The van der Waals surface area contributed by atoms with E-state index >= 15 is 0 Å². The molecule has 0 radical (unpaired) electrons. The van der Waals surface area contributed by atoms with Crippen LogP contribution >= 0.6 is 11.6 Å². The molecule has 24 heavy (non-hydrogen) atoms. The molecule has 130 valence electrons. The average Bonchev–Trinajstić information content (AvgIpc) is 3.05. The second-order valence-corrected chi connectivity index (χ2v) is 6.22. The molecule has 1 N–H and O–H groups in total. The maximum atomic E-state index is 12.2. The zero-order valence-corrected chi connectivity index (χ0v) is 14.6. The molecule has 1 aliphatic rings. The van der Waals surface area contributed by atoms with Crippen LogP contribution in [0.2, 0.25) is 5.02 Å². The average molecular weight is 353 g/mol. The number of carbonyl (C=O) groups is 3. The van der Waals surface area contributed by atoms with Gasteiger partial charge in [0.15, 0.2) is 0 Å². The number of ether oxygens (including phenoxy) is 1. The van der Waals surface area contributed by atoms with Crippen LogP contribution in [-0.4, -0.2) is 37.5 Å². The highest BCUT2D eigenvalue weighted by Gasteiger charge is 2.23. The number of carbonyl (C=O) groups excluding carboxylic acids is 3. The number of esters is 1. The summed E-state index contributed by atoms with van der Waals surface area (Å²) in [5.74, 6) is -1.11. The van der Waals surface area contributed by atoms with Crippen molar-refractivity contribution in [2.75, 3.05) is 18.6 Å². The predicted molar refractivity (Wildman–Crippen MR) is 91.2 cm³/mol. The third kappa shape index (κ3) is 4.47. The van der Waals surface area contributed by atoms with Crippen molar-refractivity contribution in [3.05, 3.63) is 28.8 Å². The number of benzene rings is 1. The molecule has 7 heteroatoms. The smallest absolute Gasteiger partial charge is 0.337 e. The third-order valence-corrected chi connectivity index (χ3v) is 4.38. The largest absolute Gasteiger partial charge is 0.465 e. The first-order chi connectivity index (χ1) is 11.4. The van der Waals surface area contributed by atoms with Crippen molar-refractivity contribution in [1.82, 2.24) is 5.32 Å². The van der Waals surface area contributed by atoms with Gasteiger partial charge < -0.3 is 15.0 Å². The lowest BCUT2D eigenvalue weighted by Crippen LogP contribution is -2.43. The number of nitrogens with one attached hydrogen (secondary N) is 1. The SMILES string of the molecule is COC(=O)c1ccc(Cl)c(N(CC(=O)NC2CCCC2)C(C)=O)c1. The van der Waals surface area contributed by atoms with E-state index in [4.69, 9.17) is 11.6 Å². The normalized spacial score (nSPS) is 14.3. The van der Waals surface area contributed by atoms with Crippen molar-refractivity contribution in [3.8, 4) is 0 Å². The van der Waals surface area contributed by atoms with E-state index in [9.17, 15) is 14.4 Å². The van der Waals surface area contributed by atoms with Gasteiger partial charge in [-0.3, -0.25) is 9.59 Å². The van der Waals surface area contributed by atoms with Crippen molar-refractivity contribution >= 4 is 35.1 Å². The molecule has 1 fully saturated rings. The van der Waals surface area contributed by atoms with Crippen LogP contribution in [0.1, 0.15) is 43.0 Å². The molecule has 0 atom stereocenters. The van der Waals surface area contributed by atoms with E-state index in [1.807, 2.05) is 0 Å². The summed E-state index contributed by atoms with van der Waals surface area (Å²) in [4.78, 5) is 37.2. The van der Waals surface area contributed by atoms with Gasteiger partial charge in [-0.25, -0.2) is 4.79 Å². The topological polar surface area (TPSA) is 75.7 Å². The van der Waals surface area contributed by atoms with Gasteiger partial charge in [0.2, 0.25) is 11.8 Å². The first-order valence-electron chi connectivity index (χ1n) is 7.87. The van der Waals surface area contributed by atoms with Gasteiger partial charge in [-0.15, -0.1) is 0 Å². The summed E-state index contributed by atoms with van der Waals surface area (Å²) in [7, 11) is 1.27. The van der Waals surface area contributed by atoms with Crippen LogP contribution in [0, 0.1) is 0 Å². The van der Waals surface area contributed by atoms with E-state index in [1.54, 1.807) is 0 Å². The van der Waals surface area contributed by atoms with Crippen molar-refractivity contribution in [3.63, 3.8) is 0 Å². The van der Waals surface area contributed by atoms with Crippen molar-refractivity contribution in [2.24, 2.45) is 0 Å². The Morgan fingerprint density at radius 1 is 1.29 bits per heavy atom. The summed E-state index contributed by atoms with van der Waals surface area (Å²) >= 11 is 6.16. The van der Waals surface area contributed by atoms with E-state index in [0.717, 1.165) is 25.7 Å². The quantitative estimate of drug-likeness (QED) is 0.826. The number of hydrogen-bond acceptors (Lipinski definition) is 4. The molecule has 1 aromatic carbocycles. The summed E-state index contributed by atoms with van der Waals surface area (Å²) in [6, 6.07) is 4.64. The van der Waals surface area contributed by atoms with Gasteiger partial charge in [-0.05, 0) is 31.0 Å². The third-order valence-electron chi connectivity index (χ3n) is 4.06. The summed E-state index contributed by atoms with van der Waals surface area (Å²) in [5.41, 5.74) is 0.577. The summed E-state index contributed by atoms with van der Waals surface area (Å²) < 4.78 is 4.68. The molecule has 1 saturated carbocycles. The molecule has 0 unspecified atom stereocenters. The highest BCUT2D eigenvalue weighted by Crippen LogP contribution is 2.27. The molecular weight excluding hydrogens is 332 g/mol. The fourth-order valence-electron chi connectivity index (χ4n) is 2.82. The van der Waals surface area contributed by atoms with Gasteiger partial charge in [-0.1, -0.05) is 24.4 Å². The van der Waals surface area contributed by atoms with Crippen LogP contribution in [-0.2, 0) is 14.3 Å². The monoisotopic (exact) mass is 352 g/mol. The molecule has 0 spiro atoms. The first-order valence-corrected chi connectivity index (χ1v) is 8.25. The fraction of sp³-hybridized carbons (Fsp3) is 0.471. The van der Waals surface area contributed by atoms with Crippen LogP contribution in [0.25, 0.3) is 0 Å². The van der Waals surface area contributed by atoms with Gasteiger partial charge in [0, 0.05) is 13.0 Å². The number of anilines is 1. The van der Waals surface area contributed by atoms with Gasteiger partial charge in [-0.2, -0.15) is 0 Å². The standard InChI is InChI=1S/C17H21ClN2O4/c1-11(21)20(10-16(22)19-13-5-3-4-6-13)15-9-12(17(23)24-2)7-8-14(15)18/h7-9,13H,3-6,10H2,1-2H3,(H,19,22). The van der Waals surface area contributed by atoms with Gasteiger partial charge in [0.25, 0.3) is 0 Å². The number of hydrogen-bond donors (Lipinski definition) is 1. The Hall–Kier alpha value is -2.08. The van der Waals surface area contributed by atoms with Crippen LogP contribution in [0.3, 0.4) is 0 Å². The number of halogens is 1. The lowest BCUT2D eigenvalue weighted by molar-refractivity contribution is -0.123. The van der Waals surface area contributed by atoms with Crippen LogP contribution in [0.4, 0.5) is 5.69 Å². The van der Waals surface area contributed by atoms with Gasteiger partial charge in [0.1, 0.15) is 6.54 Å². The molecule has 6 nitrogen and oxygen atoms in total. The van der Waals surface area contributed by atoms with E-state index in [0.29, 0.717) is 5.69 Å². The highest BCUT2D eigenvalue weighted by molar-refractivity contribution is 6.34. The second-order valence-electron chi connectivity index (χ2n) is 5.81. The molecule has 0 saturated heterocycles. The minimum absolute atomic E-state index is 0.143. The Labute approximate surface area is 146 Å². The van der Waals surface area contributed by atoms with Gasteiger partial charge >= 0.3 is 5.97 Å². The molecule has 0 bridgehead atoms. The van der Waals surface area contributed by atoms with E-state index in [1.165, 1.54) is 37.1 Å². The molecule has 0 aliphatic heterocycles. The zero-order valence-electron chi connectivity index (χ0n) is 13.8. The Balaban J connectivity index is 2.18. The van der Waals surface area contributed by atoms with E-state index in [-0.39, 0.29) is 35.0 Å². The van der Waals surface area contributed by atoms with E-state index < -0.39 is 5.97 Å². The molecule has 2 rings (SSSR count). The summed E-state index contributed by atoms with van der Waals surface area (Å²) in [6.07, 6.45) is 4.14. The Morgan fingerprint density at radius 2 is 1.96 bits per heavy atom. The van der Waals surface area contributed by atoms with Crippen molar-refractivity contribution < 1.29 is 19.1 Å². The Morgan fingerprint density at radius 3 is 2.54 bits per heavy atom. The summed E-state index contributed by atoms with van der Waals surface area (Å²) in [6.45, 7) is 1.21. The molecule has 0 heterocycles. The number of amides is 2. The lowest BCUT2D eigenvalue weighted by Gasteiger charge is -2.23. The Kier molecular flexibility index (Phi) is 6.20. The Bertz CT molecular complexity index is 641. The first kappa shape index (κ1) is 18.3. The van der Waals surface area contributed by atoms with Crippen LogP contribution < -0.4 is 10.2 Å². The van der Waals surface area contributed by atoms with Crippen molar-refractivity contribution in [1.29, 1.82) is 0 Å². The lowest BCUT2D eigenvalue weighted by atomic mass is 10.1. The minimum Gasteiger partial charge on any atom is -0.465 e. The van der Waals surface area contributed by atoms with Crippen LogP contribution in [0.5, 0.6) is 0 Å². The number of methoxy groups -OCH3 is 1. The molecule has 0 aromatic heterocycles. The second kappa shape index (κ2) is 8.15. The zero-order chi connectivity index (χ0) is 17.7. The van der Waals surface area contributed by atoms with Gasteiger partial charge in [0.05, 0.1) is 23.4 Å². The van der Waals surface area contributed by atoms with Crippen molar-refractivity contribution in [2.45, 2.75) is 38.6 Å². The molecule has 2 amide bonds. The highest BCUT2D eigenvalue weighted by atomic mass is 35.5. The van der Waals surface area contributed by atoms with Crippen LogP contribution in [0.15, 0.2) is 18.2 Å². The molecule has 1 aromatic rings.